The summed E-state index contributed by atoms with van der Waals surface area (Å²) in [7, 11) is 1.75. The van der Waals surface area contributed by atoms with E-state index in [1.165, 1.54) is 12.1 Å². The first kappa shape index (κ1) is 22.5. The van der Waals surface area contributed by atoms with Gasteiger partial charge in [-0.05, 0) is 58.8 Å². The number of thioether (sulfide) groups is 1. The first-order valence-corrected chi connectivity index (χ1v) is 11.1. The number of hydrogen-bond donors (Lipinski definition) is 0. The lowest BCUT2D eigenvalue weighted by atomic mass is 10.1. The molecule has 1 aliphatic rings. The fourth-order valence-corrected chi connectivity index (χ4v) is 4.32. The lowest BCUT2D eigenvalue weighted by Crippen LogP contribution is -2.27. The van der Waals surface area contributed by atoms with Crippen LogP contribution in [-0.2, 0) is 17.9 Å². The van der Waals surface area contributed by atoms with Crippen LogP contribution >= 0.6 is 11.8 Å². The van der Waals surface area contributed by atoms with E-state index in [9.17, 15) is 18.8 Å². The molecule has 166 valence electrons. The van der Waals surface area contributed by atoms with Crippen molar-refractivity contribution < 1.29 is 18.8 Å². The summed E-state index contributed by atoms with van der Waals surface area (Å²) in [5.41, 5.74) is 2.82. The van der Waals surface area contributed by atoms with Gasteiger partial charge >= 0.3 is 0 Å². The Labute approximate surface area is 195 Å². The average molecular weight is 461 g/mol. The largest absolute Gasteiger partial charge is 0.337 e. The smallest absolute Gasteiger partial charge is 0.293 e. The van der Waals surface area contributed by atoms with Crippen molar-refractivity contribution in [2.24, 2.45) is 0 Å². The van der Waals surface area contributed by atoms with Crippen LogP contribution in [0.15, 0.2) is 83.8 Å². The lowest BCUT2D eigenvalue weighted by Gasteiger charge is -2.17. The number of rotatable bonds is 6. The van der Waals surface area contributed by atoms with Gasteiger partial charge in [0.1, 0.15) is 5.82 Å². The lowest BCUT2D eigenvalue weighted by molar-refractivity contribution is -0.123. The van der Waals surface area contributed by atoms with E-state index >= 15 is 0 Å². The summed E-state index contributed by atoms with van der Waals surface area (Å²) >= 11 is 0.846. The number of carbonyl (C=O) groups is 3. The Hall–Kier alpha value is -3.71. The summed E-state index contributed by atoms with van der Waals surface area (Å²) in [6, 6.07) is 22.4. The predicted molar refractivity (Wildman–Crippen MR) is 127 cm³/mol. The second-order valence-electron chi connectivity index (χ2n) is 7.67. The van der Waals surface area contributed by atoms with Crippen molar-refractivity contribution in [2.75, 3.05) is 7.05 Å². The molecule has 0 aromatic heterocycles. The van der Waals surface area contributed by atoms with Crippen LogP contribution in [0.4, 0.5) is 9.18 Å². The highest BCUT2D eigenvalue weighted by atomic mass is 32.2. The summed E-state index contributed by atoms with van der Waals surface area (Å²) in [5, 5.41) is -0.398. The monoisotopic (exact) mass is 460 g/mol. The van der Waals surface area contributed by atoms with E-state index in [-0.39, 0.29) is 17.4 Å². The molecule has 3 aromatic carbocycles. The molecule has 1 aliphatic heterocycles. The van der Waals surface area contributed by atoms with Gasteiger partial charge < -0.3 is 4.90 Å². The summed E-state index contributed by atoms with van der Waals surface area (Å²) < 4.78 is 13.4. The summed E-state index contributed by atoms with van der Waals surface area (Å²) in [6.07, 6.45) is 1.62. The Bertz CT molecular complexity index is 1230. The Morgan fingerprint density at radius 1 is 0.970 bits per heavy atom. The molecule has 1 heterocycles. The van der Waals surface area contributed by atoms with Gasteiger partial charge in [-0.25, -0.2) is 4.39 Å². The van der Waals surface area contributed by atoms with Crippen molar-refractivity contribution >= 4 is 34.9 Å². The number of amides is 3. The van der Waals surface area contributed by atoms with Gasteiger partial charge in [0, 0.05) is 19.2 Å². The van der Waals surface area contributed by atoms with Crippen molar-refractivity contribution in [3.05, 3.63) is 112 Å². The number of benzene rings is 3. The zero-order chi connectivity index (χ0) is 23.4. The maximum Gasteiger partial charge on any atom is 0.293 e. The molecule has 4 rings (SSSR count). The first-order valence-electron chi connectivity index (χ1n) is 10.3. The van der Waals surface area contributed by atoms with Crippen LogP contribution in [0, 0.1) is 5.82 Å². The van der Waals surface area contributed by atoms with Crippen molar-refractivity contribution in [1.29, 1.82) is 0 Å². The zero-order valence-electron chi connectivity index (χ0n) is 17.9. The van der Waals surface area contributed by atoms with E-state index in [1.54, 1.807) is 54.4 Å². The van der Waals surface area contributed by atoms with Crippen LogP contribution in [0.5, 0.6) is 0 Å². The van der Waals surface area contributed by atoms with Gasteiger partial charge in [0.25, 0.3) is 17.1 Å². The van der Waals surface area contributed by atoms with Crippen LogP contribution in [0.3, 0.4) is 0 Å². The Morgan fingerprint density at radius 2 is 1.67 bits per heavy atom. The first-order chi connectivity index (χ1) is 15.9. The summed E-state index contributed by atoms with van der Waals surface area (Å²) in [6.45, 7) is 0.515. The average Bonchev–Trinajstić information content (AvgIpc) is 3.07. The molecule has 0 radical (unpaired) electrons. The SMILES string of the molecule is CN(Cc1ccccc1)C(=O)c1ccc(C=C2SC(=O)N(Cc3cccc(F)c3)C2=O)cc1. The molecule has 7 heteroatoms. The second-order valence-corrected chi connectivity index (χ2v) is 8.66. The maximum absolute atomic E-state index is 13.4. The molecule has 0 aliphatic carbocycles. The fraction of sp³-hybridized carbons (Fsp3) is 0.115. The van der Waals surface area contributed by atoms with Gasteiger partial charge in [-0.2, -0.15) is 0 Å². The number of nitrogens with zero attached hydrogens (tertiary/aromatic N) is 2. The molecule has 0 spiro atoms. The van der Waals surface area contributed by atoms with E-state index in [0.29, 0.717) is 23.2 Å². The molecular formula is C26H21FN2O3S. The van der Waals surface area contributed by atoms with Crippen LogP contribution < -0.4 is 0 Å². The minimum atomic E-state index is -0.419. The number of carbonyl (C=O) groups excluding carboxylic acids is 3. The molecule has 1 saturated heterocycles. The summed E-state index contributed by atoms with van der Waals surface area (Å²) in [5.74, 6) is -0.947. The standard InChI is InChI=1S/C26H21FN2O3S/c1-28(16-19-6-3-2-4-7-19)24(30)21-12-10-18(11-13-21)15-23-25(31)29(26(32)33-23)17-20-8-5-9-22(27)14-20/h2-15H,16-17H2,1H3. The van der Waals surface area contributed by atoms with Gasteiger partial charge in [0.05, 0.1) is 11.4 Å². The predicted octanol–water partition coefficient (Wildman–Crippen LogP) is 5.33. The molecule has 0 bridgehead atoms. The third-order valence-electron chi connectivity index (χ3n) is 5.17. The number of hydrogen-bond acceptors (Lipinski definition) is 4. The van der Waals surface area contributed by atoms with E-state index in [2.05, 4.69) is 0 Å². The third-order valence-corrected chi connectivity index (χ3v) is 6.08. The van der Waals surface area contributed by atoms with E-state index in [4.69, 9.17) is 0 Å². The molecule has 1 fully saturated rings. The molecular weight excluding hydrogens is 439 g/mol. The second kappa shape index (κ2) is 9.83. The van der Waals surface area contributed by atoms with Crippen molar-refractivity contribution in [3.63, 3.8) is 0 Å². The van der Waals surface area contributed by atoms with Crippen LogP contribution in [-0.4, -0.2) is 33.9 Å². The molecule has 0 atom stereocenters. The number of imide groups is 1. The van der Waals surface area contributed by atoms with E-state index in [0.717, 1.165) is 22.2 Å². The van der Waals surface area contributed by atoms with E-state index in [1.807, 2.05) is 30.3 Å². The molecule has 33 heavy (non-hydrogen) atoms. The molecule has 0 N–H and O–H groups in total. The normalized spacial score (nSPS) is 14.7. The molecule has 0 unspecified atom stereocenters. The van der Waals surface area contributed by atoms with Crippen molar-refractivity contribution in [3.8, 4) is 0 Å². The van der Waals surface area contributed by atoms with Gasteiger partial charge in [0.2, 0.25) is 0 Å². The van der Waals surface area contributed by atoms with Gasteiger partial charge in [-0.3, -0.25) is 19.3 Å². The van der Waals surface area contributed by atoms with Crippen molar-refractivity contribution in [1.82, 2.24) is 9.80 Å². The highest BCUT2D eigenvalue weighted by Crippen LogP contribution is 2.33. The summed E-state index contributed by atoms with van der Waals surface area (Å²) in [4.78, 5) is 40.8. The van der Waals surface area contributed by atoms with Gasteiger partial charge in [-0.1, -0.05) is 54.6 Å². The third kappa shape index (κ3) is 5.38. The quantitative estimate of drug-likeness (QED) is 0.467. The maximum atomic E-state index is 13.4. The molecule has 5 nitrogen and oxygen atoms in total. The Kier molecular flexibility index (Phi) is 6.70. The minimum Gasteiger partial charge on any atom is -0.337 e. The number of halogens is 1. The molecule has 3 amide bonds. The van der Waals surface area contributed by atoms with Gasteiger partial charge in [-0.15, -0.1) is 0 Å². The van der Waals surface area contributed by atoms with Crippen molar-refractivity contribution in [2.45, 2.75) is 13.1 Å². The van der Waals surface area contributed by atoms with E-state index < -0.39 is 17.0 Å². The molecule has 3 aromatic rings. The highest BCUT2D eigenvalue weighted by molar-refractivity contribution is 8.18. The van der Waals surface area contributed by atoms with Gasteiger partial charge in [0.15, 0.2) is 0 Å². The molecule has 0 saturated carbocycles. The minimum absolute atomic E-state index is 0.0148. The zero-order valence-corrected chi connectivity index (χ0v) is 18.7. The van der Waals surface area contributed by atoms with Crippen LogP contribution in [0.1, 0.15) is 27.0 Å². The van der Waals surface area contributed by atoms with Crippen LogP contribution in [0.25, 0.3) is 6.08 Å². The fourth-order valence-electron chi connectivity index (χ4n) is 3.48. The topological polar surface area (TPSA) is 57.7 Å². The highest BCUT2D eigenvalue weighted by Gasteiger charge is 2.35. The Balaban J connectivity index is 1.43. The Morgan fingerprint density at radius 3 is 2.36 bits per heavy atom. The van der Waals surface area contributed by atoms with Crippen LogP contribution in [0.2, 0.25) is 0 Å².